The highest BCUT2D eigenvalue weighted by Gasteiger charge is 2.24. The van der Waals surface area contributed by atoms with Crippen molar-refractivity contribution in [2.75, 3.05) is 13.1 Å². The number of hydrogen-bond acceptors (Lipinski definition) is 2. The largest absolute Gasteiger partial charge is 0.481 e. The molecule has 1 atom stereocenters. The molecule has 0 aliphatic heterocycles. The van der Waals surface area contributed by atoms with Crippen molar-refractivity contribution in [3.63, 3.8) is 0 Å². The van der Waals surface area contributed by atoms with E-state index in [1.54, 1.807) is 4.90 Å². The average molecular weight is 410 g/mol. The Morgan fingerprint density at radius 2 is 1.24 bits per heavy atom. The monoisotopic (exact) mass is 409 g/mol. The highest BCUT2D eigenvalue weighted by Crippen LogP contribution is 2.19. The molecule has 1 unspecified atom stereocenters. The van der Waals surface area contributed by atoms with Crippen LogP contribution in [-0.4, -0.2) is 35.0 Å². The summed E-state index contributed by atoms with van der Waals surface area (Å²) in [5.41, 5.74) is 0. The fraction of sp³-hybridized carbons (Fsp3) is 0.840. The van der Waals surface area contributed by atoms with E-state index in [0.29, 0.717) is 19.5 Å². The van der Waals surface area contributed by atoms with Gasteiger partial charge in [-0.3, -0.25) is 9.59 Å². The fourth-order valence-electron chi connectivity index (χ4n) is 3.78. The number of aliphatic carboxylic acids is 1. The lowest BCUT2D eigenvalue weighted by Crippen LogP contribution is -2.36. The van der Waals surface area contributed by atoms with E-state index in [-0.39, 0.29) is 18.2 Å². The maximum absolute atomic E-state index is 12.5. The molecule has 29 heavy (non-hydrogen) atoms. The molecule has 0 heterocycles. The molecule has 0 saturated carbocycles. The van der Waals surface area contributed by atoms with Crippen LogP contribution in [-0.2, 0) is 9.59 Å². The molecule has 0 aromatic carbocycles. The first kappa shape index (κ1) is 27.7. The van der Waals surface area contributed by atoms with Gasteiger partial charge in [0.25, 0.3) is 0 Å². The third kappa shape index (κ3) is 16.2. The first-order chi connectivity index (χ1) is 14.1. The van der Waals surface area contributed by atoms with E-state index in [0.717, 1.165) is 12.8 Å². The zero-order valence-electron chi connectivity index (χ0n) is 19.5. The van der Waals surface area contributed by atoms with Crippen molar-refractivity contribution in [3.8, 4) is 0 Å². The molecular formula is C25H47NO3. The van der Waals surface area contributed by atoms with E-state index >= 15 is 0 Å². The average Bonchev–Trinajstić information content (AvgIpc) is 2.70. The Kier molecular flexibility index (Phi) is 19.1. The Balaban J connectivity index is 3.72. The maximum atomic E-state index is 12.5. The molecule has 0 aliphatic rings. The summed E-state index contributed by atoms with van der Waals surface area (Å²) in [4.78, 5) is 25.3. The van der Waals surface area contributed by atoms with Gasteiger partial charge in [-0.2, -0.15) is 0 Å². The summed E-state index contributed by atoms with van der Waals surface area (Å²) in [7, 11) is 0. The number of carboxylic acids is 1. The van der Waals surface area contributed by atoms with Gasteiger partial charge in [0.15, 0.2) is 0 Å². The number of carbonyl (C=O) groups excluding carboxylic acids is 1. The summed E-state index contributed by atoms with van der Waals surface area (Å²) >= 11 is 0. The highest BCUT2D eigenvalue weighted by molar-refractivity contribution is 5.83. The SMILES string of the molecule is CCCCC/C=C/CCCCCCCCCCC(CC(=O)O)C(=O)N(CC)CC. The Morgan fingerprint density at radius 1 is 0.759 bits per heavy atom. The van der Waals surface area contributed by atoms with Crippen LogP contribution in [0.15, 0.2) is 12.2 Å². The molecule has 0 radical (unpaired) electrons. The van der Waals surface area contributed by atoms with Gasteiger partial charge in [0.05, 0.1) is 6.42 Å². The van der Waals surface area contributed by atoms with Crippen molar-refractivity contribution in [1.29, 1.82) is 0 Å². The predicted octanol–water partition coefficient (Wildman–Crippen LogP) is 6.98. The summed E-state index contributed by atoms with van der Waals surface area (Å²) in [6.07, 6.45) is 21.5. The molecule has 0 aliphatic carbocycles. The second-order valence-electron chi connectivity index (χ2n) is 8.18. The van der Waals surface area contributed by atoms with Crippen molar-refractivity contribution in [3.05, 3.63) is 12.2 Å². The van der Waals surface area contributed by atoms with Gasteiger partial charge >= 0.3 is 5.97 Å². The standard InChI is InChI=1S/C25H47NO3/c1-4-7-8-9-10-11-12-13-14-15-16-17-18-19-20-21-23(22-24(27)28)25(29)26(5-2)6-3/h10-11,23H,4-9,12-22H2,1-3H3,(H,27,28)/b11-10+. The second kappa shape index (κ2) is 20.0. The zero-order chi connectivity index (χ0) is 21.7. The van der Waals surface area contributed by atoms with Crippen LogP contribution < -0.4 is 0 Å². The molecule has 0 aromatic rings. The van der Waals surface area contributed by atoms with E-state index in [4.69, 9.17) is 5.11 Å². The van der Waals surface area contributed by atoms with Crippen LogP contribution in [0.25, 0.3) is 0 Å². The van der Waals surface area contributed by atoms with Crippen LogP contribution in [0.5, 0.6) is 0 Å². The van der Waals surface area contributed by atoms with Crippen LogP contribution in [0, 0.1) is 5.92 Å². The third-order valence-corrected chi connectivity index (χ3v) is 5.66. The van der Waals surface area contributed by atoms with Gasteiger partial charge in [0, 0.05) is 19.0 Å². The van der Waals surface area contributed by atoms with Crippen molar-refractivity contribution in [2.45, 2.75) is 117 Å². The first-order valence-corrected chi connectivity index (χ1v) is 12.2. The molecule has 0 saturated heterocycles. The number of carbonyl (C=O) groups is 2. The van der Waals surface area contributed by atoms with Gasteiger partial charge in [-0.05, 0) is 46.0 Å². The highest BCUT2D eigenvalue weighted by atomic mass is 16.4. The van der Waals surface area contributed by atoms with Crippen LogP contribution in [0.2, 0.25) is 0 Å². The fourth-order valence-corrected chi connectivity index (χ4v) is 3.78. The van der Waals surface area contributed by atoms with E-state index in [9.17, 15) is 9.59 Å². The van der Waals surface area contributed by atoms with Crippen molar-refractivity contribution in [1.82, 2.24) is 4.90 Å². The molecule has 0 spiro atoms. The van der Waals surface area contributed by atoms with Crippen LogP contribution in [0.1, 0.15) is 117 Å². The Hall–Kier alpha value is -1.32. The number of amides is 1. The lowest BCUT2D eigenvalue weighted by Gasteiger charge is -2.24. The first-order valence-electron chi connectivity index (χ1n) is 12.2. The van der Waals surface area contributed by atoms with E-state index in [1.807, 2.05) is 13.8 Å². The minimum Gasteiger partial charge on any atom is -0.481 e. The molecular weight excluding hydrogens is 362 g/mol. The van der Waals surface area contributed by atoms with Crippen molar-refractivity contribution >= 4 is 11.9 Å². The molecule has 170 valence electrons. The number of hydrogen-bond donors (Lipinski definition) is 1. The molecule has 4 heteroatoms. The Labute approximate surface area is 180 Å². The number of unbranched alkanes of at least 4 members (excludes halogenated alkanes) is 11. The number of allylic oxidation sites excluding steroid dienone is 2. The van der Waals surface area contributed by atoms with Crippen molar-refractivity contribution < 1.29 is 14.7 Å². The molecule has 1 amide bonds. The molecule has 0 bridgehead atoms. The lowest BCUT2D eigenvalue weighted by molar-refractivity contribution is -0.144. The molecule has 1 N–H and O–H groups in total. The van der Waals surface area contributed by atoms with Gasteiger partial charge in [-0.1, -0.05) is 76.9 Å². The Bertz CT molecular complexity index is 430. The number of rotatable bonds is 20. The summed E-state index contributed by atoms with van der Waals surface area (Å²) in [5.74, 6) is -1.22. The topological polar surface area (TPSA) is 57.6 Å². The van der Waals surface area contributed by atoms with Crippen LogP contribution in [0.3, 0.4) is 0 Å². The van der Waals surface area contributed by atoms with Gasteiger partial charge in [-0.15, -0.1) is 0 Å². The quantitative estimate of drug-likeness (QED) is 0.174. The van der Waals surface area contributed by atoms with Gasteiger partial charge < -0.3 is 10.0 Å². The molecule has 0 rings (SSSR count). The molecule has 4 nitrogen and oxygen atoms in total. The van der Waals surface area contributed by atoms with E-state index in [1.165, 1.54) is 70.6 Å². The van der Waals surface area contributed by atoms with Gasteiger partial charge in [0.1, 0.15) is 0 Å². The summed E-state index contributed by atoms with van der Waals surface area (Å²) in [6, 6.07) is 0. The number of carboxylic acid groups (broad SMARTS) is 1. The van der Waals surface area contributed by atoms with E-state index in [2.05, 4.69) is 19.1 Å². The van der Waals surface area contributed by atoms with Gasteiger partial charge in [-0.25, -0.2) is 0 Å². The second-order valence-corrected chi connectivity index (χ2v) is 8.18. The smallest absolute Gasteiger partial charge is 0.304 e. The summed E-state index contributed by atoms with van der Waals surface area (Å²) < 4.78 is 0. The summed E-state index contributed by atoms with van der Waals surface area (Å²) in [6.45, 7) is 7.45. The van der Waals surface area contributed by atoms with E-state index < -0.39 is 5.97 Å². The lowest BCUT2D eigenvalue weighted by atomic mass is 9.95. The minimum absolute atomic E-state index is 0.0109. The van der Waals surface area contributed by atoms with Crippen LogP contribution >= 0.6 is 0 Å². The van der Waals surface area contributed by atoms with Crippen LogP contribution in [0.4, 0.5) is 0 Å². The maximum Gasteiger partial charge on any atom is 0.304 e. The Morgan fingerprint density at radius 3 is 1.72 bits per heavy atom. The molecule has 0 fully saturated rings. The zero-order valence-corrected chi connectivity index (χ0v) is 19.5. The predicted molar refractivity (Wildman–Crippen MR) is 123 cm³/mol. The third-order valence-electron chi connectivity index (χ3n) is 5.66. The van der Waals surface area contributed by atoms with Crippen molar-refractivity contribution in [2.24, 2.45) is 5.92 Å². The molecule has 0 aromatic heterocycles. The number of nitrogens with zero attached hydrogens (tertiary/aromatic N) is 1. The normalized spacial score (nSPS) is 12.4. The van der Waals surface area contributed by atoms with Gasteiger partial charge in [0.2, 0.25) is 5.91 Å². The summed E-state index contributed by atoms with van der Waals surface area (Å²) in [5, 5.41) is 9.11. The minimum atomic E-state index is -0.869.